The predicted molar refractivity (Wildman–Crippen MR) is 108 cm³/mol. The molecule has 152 valence electrons. The predicted octanol–water partition coefficient (Wildman–Crippen LogP) is 3.00. The number of aryl methyl sites for hydroxylation is 1. The molecular weight excluding hydrogens is 412 g/mol. The van der Waals surface area contributed by atoms with Gasteiger partial charge in [0.05, 0.1) is 10.9 Å². The van der Waals surface area contributed by atoms with E-state index in [4.69, 9.17) is 4.42 Å². The van der Waals surface area contributed by atoms with Crippen molar-refractivity contribution in [2.24, 2.45) is 0 Å². The number of carbonyl (C=O) groups excluding carboxylic acids is 1. The molecule has 0 saturated heterocycles. The fourth-order valence-corrected chi connectivity index (χ4v) is 3.36. The number of nitrogens with one attached hydrogen (secondary N) is 2. The normalized spacial score (nSPS) is 10.8. The van der Waals surface area contributed by atoms with Crippen LogP contribution in [0.15, 0.2) is 51.0 Å². The van der Waals surface area contributed by atoms with Crippen LogP contribution in [0, 0.1) is 10.1 Å². The summed E-state index contributed by atoms with van der Waals surface area (Å²) in [5.41, 5.74) is 0.750. The fourth-order valence-electron chi connectivity index (χ4n) is 2.68. The van der Waals surface area contributed by atoms with E-state index in [9.17, 15) is 19.7 Å². The molecule has 30 heavy (non-hydrogen) atoms. The number of hydrogen-bond acceptors (Lipinski definition) is 8. The van der Waals surface area contributed by atoms with Gasteiger partial charge in [-0.05, 0) is 23.9 Å². The van der Waals surface area contributed by atoms with Gasteiger partial charge in [-0.1, -0.05) is 13.0 Å². The molecular formula is C18H14N6O5S. The Balaban J connectivity index is 1.76. The number of amides is 1. The van der Waals surface area contributed by atoms with Crippen LogP contribution in [0.1, 0.15) is 23.2 Å². The molecule has 4 rings (SSSR count). The lowest BCUT2D eigenvalue weighted by atomic mass is 10.3. The molecule has 0 atom stereocenters. The van der Waals surface area contributed by atoms with Crippen LogP contribution >= 0.6 is 11.3 Å². The Hall–Kier alpha value is -4.06. The summed E-state index contributed by atoms with van der Waals surface area (Å²) >= 11 is 1.45. The smallest absolute Gasteiger partial charge is 0.395 e. The third-order valence-electron chi connectivity index (χ3n) is 4.07. The molecule has 0 aliphatic heterocycles. The lowest BCUT2D eigenvalue weighted by Crippen LogP contribution is -2.19. The second kappa shape index (κ2) is 7.75. The van der Waals surface area contributed by atoms with Crippen molar-refractivity contribution in [3.05, 3.63) is 73.7 Å². The van der Waals surface area contributed by atoms with Crippen LogP contribution < -0.4 is 10.9 Å². The van der Waals surface area contributed by atoms with E-state index in [1.807, 2.05) is 24.4 Å². The highest BCUT2D eigenvalue weighted by Crippen LogP contribution is 2.28. The molecule has 12 heteroatoms. The molecule has 1 amide bonds. The highest BCUT2D eigenvalue weighted by Gasteiger charge is 2.21. The summed E-state index contributed by atoms with van der Waals surface area (Å²) in [7, 11) is 0. The van der Waals surface area contributed by atoms with E-state index in [2.05, 4.69) is 20.4 Å². The molecule has 0 aliphatic rings. The first-order valence-electron chi connectivity index (χ1n) is 8.74. The van der Waals surface area contributed by atoms with Crippen molar-refractivity contribution in [2.75, 3.05) is 5.32 Å². The standard InChI is InChI=1S/C18H14N6O5S/c1-2-10-8-15(25)21-18(19-10)23-14(9-11(22-23)13-4-3-7-30-13)20-17(26)12-5-6-16(29-12)24(27)28/h3-9H,2H2,1H3,(H,20,26)(H,19,21,25). The van der Waals surface area contributed by atoms with Gasteiger partial charge in [0.2, 0.25) is 5.95 Å². The Labute approximate surface area is 172 Å². The molecule has 0 bridgehead atoms. The van der Waals surface area contributed by atoms with Gasteiger partial charge in [0.15, 0.2) is 5.76 Å². The Bertz CT molecular complexity index is 1290. The zero-order valence-corrected chi connectivity index (χ0v) is 16.3. The van der Waals surface area contributed by atoms with Crippen molar-refractivity contribution in [1.82, 2.24) is 19.7 Å². The van der Waals surface area contributed by atoms with Gasteiger partial charge in [0, 0.05) is 17.8 Å². The summed E-state index contributed by atoms with van der Waals surface area (Å²) in [6.07, 6.45) is 0.535. The molecule has 11 nitrogen and oxygen atoms in total. The first-order valence-corrected chi connectivity index (χ1v) is 9.62. The molecule has 0 radical (unpaired) electrons. The van der Waals surface area contributed by atoms with Gasteiger partial charge in [0.25, 0.3) is 11.5 Å². The van der Waals surface area contributed by atoms with Gasteiger partial charge >= 0.3 is 5.88 Å². The second-order valence-electron chi connectivity index (χ2n) is 6.07. The quantitative estimate of drug-likeness (QED) is 0.355. The topological polar surface area (TPSA) is 149 Å². The SMILES string of the molecule is CCc1cc(=O)[nH]c(-n2nc(-c3cccs3)cc2NC(=O)c2ccc([N+](=O)[O-])o2)n1. The molecule has 0 spiro atoms. The minimum atomic E-state index is -0.735. The third-order valence-corrected chi connectivity index (χ3v) is 4.96. The average molecular weight is 426 g/mol. The molecule has 0 aliphatic carbocycles. The minimum Gasteiger partial charge on any atom is -0.395 e. The first-order chi connectivity index (χ1) is 14.4. The summed E-state index contributed by atoms with van der Waals surface area (Å²) in [5.74, 6) is -1.16. The Morgan fingerprint density at radius 1 is 1.37 bits per heavy atom. The Kier molecular flexibility index (Phi) is 4.98. The summed E-state index contributed by atoms with van der Waals surface area (Å²) < 4.78 is 6.24. The Morgan fingerprint density at radius 2 is 2.20 bits per heavy atom. The number of anilines is 1. The molecule has 0 fully saturated rings. The van der Waals surface area contributed by atoms with Crippen LogP contribution in [-0.4, -0.2) is 30.6 Å². The highest BCUT2D eigenvalue weighted by atomic mass is 32.1. The number of hydrogen-bond donors (Lipinski definition) is 2. The number of nitrogens with zero attached hydrogens (tertiary/aromatic N) is 4. The van der Waals surface area contributed by atoms with Crippen LogP contribution in [0.3, 0.4) is 0 Å². The molecule has 0 aromatic carbocycles. The second-order valence-corrected chi connectivity index (χ2v) is 7.01. The number of carbonyl (C=O) groups is 1. The van der Waals surface area contributed by atoms with E-state index in [0.717, 1.165) is 10.9 Å². The van der Waals surface area contributed by atoms with Crippen LogP contribution in [0.25, 0.3) is 16.5 Å². The number of H-pyrrole nitrogens is 1. The lowest BCUT2D eigenvalue weighted by Gasteiger charge is -2.07. The van der Waals surface area contributed by atoms with E-state index < -0.39 is 16.7 Å². The summed E-state index contributed by atoms with van der Waals surface area (Å²) in [6, 6.07) is 9.00. The van der Waals surface area contributed by atoms with Crippen LogP contribution in [0.4, 0.5) is 11.7 Å². The largest absolute Gasteiger partial charge is 0.433 e. The number of nitro groups is 1. The summed E-state index contributed by atoms with van der Waals surface area (Å²) in [6.45, 7) is 1.86. The fraction of sp³-hybridized carbons (Fsp3) is 0.111. The number of aromatic amines is 1. The van der Waals surface area contributed by atoms with E-state index in [1.165, 1.54) is 28.2 Å². The average Bonchev–Trinajstić information content (AvgIpc) is 3.46. The molecule has 4 aromatic heterocycles. The van der Waals surface area contributed by atoms with E-state index in [1.54, 1.807) is 6.07 Å². The van der Waals surface area contributed by atoms with Crippen molar-refractivity contribution < 1.29 is 14.1 Å². The molecule has 2 N–H and O–H groups in total. The molecule has 4 aromatic rings. The van der Waals surface area contributed by atoms with Crippen molar-refractivity contribution in [3.8, 4) is 16.5 Å². The van der Waals surface area contributed by atoms with Gasteiger partial charge in [-0.2, -0.15) is 9.78 Å². The highest BCUT2D eigenvalue weighted by molar-refractivity contribution is 7.13. The molecule has 0 unspecified atom stereocenters. The van der Waals surface area contributed by atoms with Crippen molar-refractivity contribution in [3.63, 3.8) is 0 Å². The zero-order valence-electron chi connectivity index (χ0n) is 15.5. The zero-order chi connectivity index (χ0) is 21.3. The lowest BCUT2D eigenvalue weighted by molar-refractivity contribution is -0.402. The van der Waals surface area contributed by atoms with E-state index in [-0.39, 0.29) is 23.1 Å². The number of thiophene rings is 1. The molecule has 0 saturated carbocycles. The first kappa shape index (κ1) is 19.3. The van der Waals surface area contributed by atoms with Crippen molar-refractivity contribution in [1.29, 1.82) is 0 Å². The van der Waals surface area contributed by atoms with E-state index >= 15 is 0 Å². The number of aromatic nitrogens is 4. The van der Waals surface area contributed by atoms with Gasteiger partial charge in [-0.3, -0.25) is 24.7 Å². The van der Waals surface area contributed by atoms with Crippen LogP contribution in [-0.2, 0) is 6.42 Å². The third kappa shape index (κ3) is 3.75. The van der Waals surface area contributed by atoms with Crippen molar-refractivity contribution in [2.45, 2.75) is 13.3 Å². The summed E-state index contributed by atoms with van der Waals surface area (Å²) in [5, 5.41) is 19.7. The maximum Gasteiger partial charge on any atom is 0.433 e. The van der Waals surface area contributed by atoms with Gasteiger partial charge in [-0.25, -0.2) is 4.98 Å². The summed E-state index contributed by atoms with van der Waals surface area (Å²) in [4.78, 5) is 42.4. The molecule has 4 heterocycles. The van der Waals surface area contributed by atoms with Gasteiger partial charge < -0.3 is 9.73 Å². The Morgan fingerprint density at radius 3 is 2.87 bits per heavy atom. The van der Waals surface area contributed by atoms with Gasteiger partial charge in [0.1, 0.15) is 16.4 Å². The maximum atomic E-state index is 12.6. The monoisotopic (exact) mass is 426 g/mol. The van der Waals surface area contributed by atoms with E-state index in [0.29, 0.717) is 17.8 Å². The van der Waals surface area contributed by atoms with Crippen molar-refractivity contribution >= 4 is 28.9 Å². The maximum absolute atomic E-state index is 12.6. The van der Waals surface area contributed by atoms with Crippen LogP contribution in [0.2, 0.25) is 0 Å². The van der Waals surface area contributed by atoms with Gasteiger partial charge in [-0.15, -0.1) is 11.3 Å². The van der Waals surface area contributed by atoms with Crippen LogP contribution in [0.5, 0.6) is 0 Å². The number of furan rings is 1. The minimum absolute atomic E-state index is 0.128. The number of rotatable bonds is 6.